The van der Waals surface area contributed by atoms with Crippen molar-refractivity contribution in [1.29, 1.82) is 0 Å². The van der Waals surface area contributed by atoms with Crippen molar-refractivity contribution < 1.29 is 22.2 Å². The quantitative estimate of drug-likeness (QED) is 0.758. The molecule has 0 spiro atoms. The second-order valence-electron chi connectivity index (χ2n) is 5.00. The summed E-state index contributed by atoms with van der Waals surface area (Å²) in [6, 6.07) is 10.5. The summed E-state index contributed by atoms with van der Waals surface area (Å²) in [6.45, 7) is 1.72. The highest BCUT2D eigenvalue weighted by Gasteiger charge is 2.22. The highest BCUT2D eigenvalue weighted by molar-refractivity contribution is 7.86. The van der Waals surface area contributed by atoms with Crippen LogP contribution in [0.4, 0.5) is 0 Å². The molecule has 0 saturated heterocycles. The van der Waals surface area contributed by atoms with Crippen molar-refractivity contribution in [2.24, 2.45) is 0 Å². The molecule has 0 aromatic heterocycles. The number of hydrogen-bond acceptors (Lipinski definition) is 5. The molecule has 0 fully saturated rings. The smallest absolute Gasteiger partial charge is 0.288 e. The van der Waals surface area contributed by atoms with E-state index in [0.29, 0.717) is 23.1 Å². The van der Waals surface area contributed by atoms with Crippen LogP contribution in [0, 0.1) is 0 Å². The van der Waals surface area contributed by atoms with E-state index in [4.69, 9.17) is 9.02 Å². The van der Waals surface area contributed by atoms with Gasteiger partial charge < -0.3 is 4.74 Å². The number of rotatable bonds is 6. The van der Waals surface area contributed by atoms with E-state index in [9.17, 15) is 13.2 Å². The number of carbonyl (C=O) groups excluding carboxylic acids is 1. The van der Waals surface area contributed by atoms with Crippen LogP contribution < -0.4 is 4.74 Å². The average molecular weight is 337 g/mol. The largest absolute Gasteiger partial charge is 0.496 e. The van der Waals surface area contributed by atoms with Gasteiger partial charge in [-0.05, 0) is 23.9 Å². The van der Waals surface area contributed by atoms with Gasteiger partial charge in [0.1, 0.15) is 5.75 Å². The Bertz CT molecular complexity index is 816. The Kier molecular flexibility index (Phi) is 5.23. The minimum Gasteiger partial charge on any atom is -0.496 e. The zero-order valence-corrected chi connectivity index (χ0v) is 14.1. The molecule has 2 aromatic rings. The summed E-state index contributed by atoms with van der Waals surface area (Å²) in [6.07, 6.45) is 0.413. The Balaban J connectivity index is 2.38. The van der Waals surface area contributed by atoms with Crippen LogP contribution in [-0.2, 0) is 14.4 Å². The number of hydrogen-bond donors (Lipinski definition) is 0. The van der Waals surface area contributed by atoms with Gasteiger partial charge in [0.05, 0.1) is 12.9 Å². The first kappa shape index (κ1) is 17.2. The van der Waals surface area contributed by atoms with E-state index in [2.05, 4.69) is 0 Å². The molecule has 0 aliphatic heterocycles. The Labute approximate surface area is 135 Å². The van der Waals surface area contributed by atoms with Gasteiger partial charge in [-0.2, -0.15) is 8.42 Å². The highest BCUT2D eigenvalue weighted by atomic mass is 32.2. The summed E-state index contributed by atoms with van der Waals surface area (Å²) in [5, 5.41) is 2.19. The van der Waals surface area contributed by atoms with Crippen LogP contribution in [0.1, 0.15) is 23.7 Å². The van der Waals surface area contributed by atoms with Gasteiger partial charge in [0.25, 0.3) is 16.0 Å². The molecule has 0 unspecified atom stereocenters. The first-order valence-electron chi connectivity index (χ1n) is 7.15. The molecule has 0 radical (unpaired) electrons. The lowest BCUT2D eigenvalue weighted by Crippen LogP contribution is -2.31. The lowest BCUT2D eigenvalue weighted by atomic mass is 10.0. The Morgan fingerprint density at radius 1 is 1.13 bits per heavy atom. The molecular weight excluding hydrogens is 318 g/mol. The van der Waals surface area contributed by atoms with Crippen molar-refractivity contribution in [1.82, 2.24) is 5.06 Å². The zero-order valence-electron chi connectivity index (χ0n) is 13.3. The van der Waals surface area contributed by atoms with E-state index >= 15 is 0 Å². The first-order chi connectivity index (χ1) is 10.9. The molecule has 0 N–H and O–H groups in total. The van der Waals surface area contributed by atoms with E-state index in [1.165, 1.54) is 7.05 Å². The lowest BCUT2D eigenvalue weighted by molar-refractivity contribution is -0.00856. The van der Waals surface area contributed by atoms with E-state index in [0.717, 1.165) is 10.4 Å². The van der Waals surface area contributed by atoms with E-state index in [1.807, 2.05) is 12.1 Å². The molecule has 6 nitrogen and oxygen atoms in total. The van der Waals surface area contributed by atoms with E-state index < -0.39 is 16.0 Å². The number of benzene rings is 2. The third-order valence-corrected chi connectivity index (χ3v) is 4.66. The summed E-state index contributed by atoms with van der Waals surface area (Å²) < 4.78 is 33.5. The first-order valence-corrected chi connectivity index (χ1v) is 8.73. The van der Waals surface area contributed by atoms with Gasteiger partial charge in [-0.1, -0.05) is 31.2 Å². The molecule has 2 rings (SSSR count). The average Bonchev–Trinajstić information content (AvgIpc) is 2.52. The summed E-state index contributed by atoms with van der Waals surface area (Å²) in [4.78, 5) is 12.5. The molecule has 0 bridgehead atoms. The predicted octanol–water partition coefficient (Wildman–Crippen LogP) is 2.59. The van der Waals surface area contributed by atoms with Gasteiger partial charge >= 0.3 is 0 Å². The number of carbonyl (C=O) groups is 1. The van der Waals surface area contributed by atoms with Crippen LogP contribution in [-0.4, -0.2) is 39.3 Å². The number of hydroxylamine groups is 2. The maximum Gasteiger partial charge on any atom is 0.288 e. The second-order valence-corrected chi connectivity index (χ2v) is 6.67. The summed E-state index contributed by atoms with van der Waals surface area (Å²) >= 11 is 0. The lowest BCUT2D eigenvalue weighted by Gasteiger charge is -2.17. The molecule has 0 heterocycles. The number of amides is 1. The zero-order chi connectivity index (χ0) is 17.0. The summed E-state index contributed by atoms with van der Waals surface area (Å²) in [7, 11) is -0.932. The van der Waals surface area contributed by atoms with E-state index in [1.54, 1.807) is 38.3 Å². The van der Waals surface area contributed by atoms with Gasteiger partial charge in [0.15, 0.2) is 0 Å². The third-order valence-electron chi connectivity index (χ3n) is 3.30. The minimum absolute atomic E-state index is 0.145. The molecular formula is C16H19NO5S. The topological polar surface area (TPSA) is 72.9 Å². The monoisotopic (exact) mass is 337 g/mol. The maximum absolute atomic E-state index is 12.5. The molecule has 2 aromatic carbocycles. The Morgan fingerprint density at radius 3 is 2.39 bits per heavy atom. The fourth-order valence-corrected chi connectivity index (χ4v) is 3.28. The molecule has 124 valence electrons. The van der Waals surface area contributed by atoms with Gasteiger partial charge in [-0.3, -0.25) is 4.79 Å². The Hall–Kier alpha value is -2.12. The fraction of sp³-hybridized carbons (Fsp3) is 0.312. The second kappa shape index (κ2) is 6.97. The van der Waals surface area contributed by atoms with Gasteiger partial charge in [-0.25, -0.2) is 5.06 Å². The van der Waals surface area contributed by atoms with Crippen LogP contribution in [0.3, 0.4) is 0 Å². The van der Waals surface area contributed by atoms with Crippen LogP contribution in [0.25, 0.3) is 10.8 Å². The normalized spacial score (nSPS) is 11.4. The van der Waals surface area contributed by atoms with Crippen molar-refractivity contribution in [3.05, 3.63) is 42.0 Å². The molecule has 23 heavy (non-hydrogen) atoms. The van der Waals surface area contributed by atoms with Gasteiger partial charge in [-0.15, -0.1) is 4.28 Å². The molecule has 0 saturated carbocycles. The number of nitrogens with zero attached hydrogens (tertiary/aromatic N) is 1. The SMILES string of the molecule is CCCS(=O)(=O)ON(C)C(=O)c1ccc(OC)c2ccccc12. The van der Waals surface area contributed by atoms with Gasteiger partial charge in [0.2, 0.25) is 0 Å². The van der Waals surface area contributed by atoms with Crippen LogP contribution in [0.5, 0.6) is 5.75 Å². The minimum atomic E-state index is -3.77. The van der Waals surface area contributed by atoms with Crippen molar-refractivity contribution in [3.8, 4) is 5.75 Å². The highest BCUT2D eigenvalue weighted by Crippen LogP contribution is 2.29. The number of fused-ring (bicyclic) bond motifs is 1. The van der Waals surface area contributed by atoms with Crippen molar-refractivity contribution in [2.45, 2.75) is 13.3 Å². The molecule has 0 aliphatic rings. The molecule has 0 atom stereocenters. The standard InChI is InChI=1S/C16H19NO5S/c1-4-11-23(19,20)22-17(2)16(18)14-9-10-15(21-3)13-8-6-5-7-12(13)14/h5-10H,4,11H2,1-3H3. The third kappa shape index (κ3) is 3.80. The van der Waals surface area contributed by atoms with Crippen LogP contribution in [0.15, 0.2) is 36.4 Å². The summed E-state index contributed by atoms with van der Waals surface area (Å²) in [5.74, 6) is -0.0450. The Morgan fingerprint density at radius 2 is 1.78 bits per heavy atom. The van der Waals surface area contributed by atoms with Gasteiger partial charge in [0, 0.05) is 18.0 Å². The molecule has 1 amide bonds. The van der Waals surface area contributed by atoms with E-state index in [-0.39, 0.29) is 5.75 Å². The number of methoxy groups -OCH3 is 1. The van der Waals surface area contributed by atoms with Crippen LogP contribution in [0.2, 0.25) is 0 Å². The van der Waals surface area contributed by atoms with Crippen LogP contribution >= 0.6 is 0 Å². The summed E-state index contributed by atoms with van der Waals surface area (Å²) in [5.41, 5.74) is 0.343. The molecule has 7 heteroatoms. The fourth-order valence-electron chi connectivity index (χ4n) is 2.30. The predicted molar refractivity (Wildman–Crippen MR) is 87.8 cm³/mol. The van der Waals surface area contributed by atoms with Crippen molar-refractivity contribution in [3.63, 3.8) is 0 Å². The number of ether oxygens (including phenoxy) is 1. The maximum atomic E-state index is 12.5. The van der Waals surface area contributed by atoms with Crippen molar-refractivity contribution in [2.75, 3.05) is 19.9 Å². The van der Waals surface area contributed by atoms with Crippen molar-refractivity contribution >= 4 is 26.8 Å². The molecule has 0 aliphatic carbocycles.